The summed E-state index contributed by atoms with van der Waals surface area (Å²) in [4.78, 5) is 23.2. The first-order chi connectivity index (χ1) is 9.51. The molecule has 2 amide bonds. The van der Waals surface area contributed by atoms with Gasteiger partial charge in [0.1, 0.15) is 6.54 Å². The first-order valence-electron chi connectivity index (χ1n) is 6.61. The third-order valence-electron chi connectivity index (χ3n) is 3.16. The summed E-state index contributed by atoms with van der Waals surface area (Å²) in [6, 6.07) is 7.64. The van der Waals surface area contributed by atoms with Crippen LogP contribution in [0.2, 0.25) is 0 Å². The van der Waals surface area contributed by atoms with Gasteiger partial charge in [0.05, 0.1) is 5.52 Å². The molecule has 5 nitrogen and oxygen atoms in total. The van der Waals surface area contributed by atoms with Gasteiger partial charge in [0.2, 0.25) is 11.8 Å². The van der Waals surface area contributed by atoms with Crippen LogP contribution in [0.1, 0.15) is 13.8 Å². The van der Waals surface area contributed by atoms with Crippen molar-refractivity contribution in [2.45, 2.75) is 20.4 Å². The fraction of sp³-hybridized carbons (Fsp3) is 0.333. The van der Waals surface area contributed by atoms with Gasteiger partial charge in [-0.25, -0.2) is 0 Å². The maximum Gasteiger partial charge on any atom is 0.239 e. The van der Waals surface area contributed by atoms with Crippen LogP contribution in [0.25, 0.3) is 10.9 Å². The molecule has 0 saturated heterocycles. The fourth-order valence-electron chi connectivity index (χ4n) is 1.92. The molecule has 1 aromatic carbocycles. The molecule has 1 heterocycles. The number of anilines is 1. The molecule has 2 aromatic rings. The van der Waals surface area contributed by atoms with E-state index in [0.29, 0.717) is 0 Å². The van der Waals surface area contributed by atoms with Crippen LogP contribution in [0.5, 0.6) is 0 Å². The van der Waals surface area contributed by atoms with E-state index in [1.807, 2.05) is 48.9 Å². The third-order valence-corrected chi connectivity index (χ3v) is 3.16. The first kappa shape index (κ1) is 14.1. The number of amides is 2. The minimum atomic E-state index is -0.0663. The topological polar surface area (TPSA) is 63.1 Å². The molecule has 20 heavy (non-hydrogen) atoms. The number of carbonyl (C=O) groups excluding carboxylic acids is 2. The zero-order valence-electron chi connectivity index (χ0n) is 11.9. The summed E-state index contributed by atoms with van der Waals surface area (Å²) < 4.78 is 1.86. The number of hydrogen-bond acceptors (Lipinski definition) is 2. The maximum atomic E-state index is 11.7. The molecule has 5 heteroatoms. The van der Waals surface area contributed by atoms with Crippen molar-refractivity contribution in [2.24, 2.45) is 5.92 Å². The van der Waals surface area contributed by atoms with Crippen LogP contribution in [0.4, 0.5) is 5.69 Å². The van der Waals surface area contributed by atoms with Crippen molar-refractivity contribution in [1.29, 1.82) is 0 Å². The summed E-state index contributed by atoms with van der Waals surface area (Å²) in [6.45, 7) is 3.96. The van der Waals surface area contributed by atoms with Crippen molar-refractivity contribution in [3.8, 4) is 0 Å². The van der Waals surface area contributed by atoms with E-state index in [0.717, 1.165) is 16.6 Å². The van der Waals surface area contributed by atoms with Crippen molar-refractivity contribution in [2.75, 3.05) is 12.4 Å². The number of benzene rings is 1. The molecule has 0 fully saturated rings. The first-order valence-corrected chi connectivity index (χ1v) is 6.61. The zero-order chi connectivity index (χ0) is 14.7. The minimum Gasteiger partial charge on any atom is -0.358 e. The van der Waals surface area contributed by atoms with E-state index in [1.165, 1.54) is 0 Å². The van der Waals surface area contributed by atoms with Gasteiger partial charge in [-0.2, -0.15) is 0 Å². The highest BCUT2D eigenvalue weighted by molar-refractivity contribution is 5.95. The molecule has 1 aromatic heterocycles. The van der Waals surface area contributed by atoms with E-state index in [2.05, 4.69) is 10.6 Å². The van der Waals surface area contributed by atoms with Crippen LogP contribution in [0.15, 0.2) is 30.5 Å². The average molecular weight is 273 g/mol. The van der Waals surface area contributed by atoms with Crippen molar-refractivity contribution in [1.82, 2.24) is 9.88 Å². The molecule has 0 atom stereocenters. The second-order valence-corrected chi connectivity index (χ2v) is 5.03. The molecule has 0 aliphatic carbocycles. The summed E-state index contributed by atoms with van der Waals surface area (Å²) in [5.74, 6) is -0.142. The number of nitrogens with zero attached hydrogens (tertiary/aromatic N) is 1. The lowest BCUT2D eigenvalue weighted by atomic mass is 10.2. The molecule has 0 unspecified atom stereocenters. The maximum absolute atomic E-state index is 11.7. The molecule has 0 radical (unpaired) electrons. The largest absolute Gasteiger partial charge is 0.358 e. The Balaban J connectivity index is 2.29. The van der Waals surface area contributed by atoms with Crippen LogP contribution >= 0.6 is 0 Å². The predicted molar refractivity (Wildman–Crippen MR) is 79.5 cm³/mol. The molecular weight excluding hydrogens is 254 g/mol. The highest BCUT2D eigenvalue weighted by Gasteiger charge is 2.09. The Bertz CT molecular complexity index is 644. The van der Waals surface area contributed by atoms with Crippen molar-refractivity contribution in [3.05, 3.63) is 30.5 Å². The molecular formula is C15H19N3O2. The van der Waals surface area contributed by atoms with E-state index in [1.54, 1.807) is 7.05 Å². The molecule has 0 aliphatic rings. The van der Waals surface area contributed by atoms with E-state index in [9.17, 15) is 9.59 Å². The van der Waals surface area contributed by atoms with Gasteiger partial charge in [0.25, 0.3) is 0 Å². The summed E-state index contributed by atoms with van der Waals surface area (Å²) in [7, 11) is 1.61. The smallest absolute Gasteiger partial charge is 0.239 e. The Kier molecular flexibility index (Phi) is 4.08. The van der Waals surface area contributed by atoms with Crippen LogP contribution in [0, 0.1) is 5.92 Å². The summed E-state index contributed by atoms with van der Waals surface area (Å²) in [5.41, 5.74) is 1.67. The number of fused-ring (bicyclic) bond motifs is 1. The zero-order valence-corrected chi connectivity index (χ0v) is 11.9. The summed E-state index contributed by atoms with van der Waals surface area (Å²) >= 11 is 0. The molecule has 2 N–H and O–H groups in total. The summed E-state index contributed by atoms with van der Waals surface area (Å²) in [5, 5.41) is 6.50. The Morgan fingerprint density at radius 1 is 1.25 bits per heavy atom. The molecule has 0 bridgehead atoms. The quantitative estimate of drug-likeness (QED) is 0.894. The number of nitrogens with one attached hydrogen (secondary N) is 2. The lowest BCUT2D eigenvalue weighted by Gasteiger charge is -2.09. The second kappa shape index (κ2) is 5.77. The van der Waals surface area contributed by atoms with Crippen molar-refractivity contribution >= 4 is 28.4 Å². The molecule has 0 aliphatic heterocycles. The molecule has 2 rings (SSSR count). The van der Waals surface area contributed by atoms with E-state index < -0.39 is 0 Å². The van der Waals surface area contributed by atoms with Gasteiger partial charge < -0.3 is 15.2 Å². The van der Waals surface area contributed by atoms with Gasteiger partial charge in [-0.1, -0.05) is 19.9 Å². The highest BCUT2D eigenvalue weighted by atomic mass is 16.2. The van der Waals surface area contributed by atoms with Crippen LogP contribution in [-0.4, -0.2) is 23.4 Å². The van der Waals surface area contributed by atoms with E-state index >= 15 is 0 Å². The standard InChI is InChI=1S/C15H19N3O2/c1-10(2)15(20)17-12-5-4-11-6-7-18(13(11)8-12)9-14(19)16-3/h4-8,10H,9H2,1-3H3,(H,16,19)(H,17,20). The number of aromatic nitrogens is 1. The van der Waals surface area contributed by atoms with Crippen LogP contribution in [0.3, 0.4) is 0 Å². The average Bonchev–Trinajstić information content (AvgIpc) is 2.81. The van der Waals surface area contributed by atoms with Gasteiger partial charge >= 0.3 is 0 Å². The third kappa shape index (κ3) is 2.99. The highest BCUT2D eigenvalue weighted by Crippen LogP contribution is 2.21. The Labute approximate surface area is 118 Å². The number of rotatable bonds is 4. The van der Waals surface area contributed by atoms with Crippen molar-refractivity contribution in [3.63, 3.8) is 0 Å². The fourth-order valence-corrected chi connectivity index (χ4v) is 1.92. The molecule has 0 spiro atoms. The van der Waals surface area contributed by atoms with Gasteiger partial charge in [0, 0.05) is 24.8 Å². The molecule has 106 valence electrons. The number of likely N-dealkylation sites (N-methyl/N-ethyl adjacent to an activating group) is 1. The van der Waals surface area contributed by atoms with Crippen molar-refractivity contribution < 1.29 is 9.59 Å². The van der Waals surface area contributed by atoms with Gasteiger partial charge in [0.15, 0.2) is 0 Å². The lowest BCUT2D eigenvalue weighted by molar-refractivity contribution is -0.121. The van der Waals surface area contributed by atoms with E-state index in [4.69, 9.17) is 0 Å². The Morgan fingerprint density at radius 2 is 2.00 bits per heavy atom. The SMILES string of the molecule is CNC(=O)Cn1ccc2ccc(NC(=O)C(C)C)cc21. The normalized spacial score (nSPS) is 10.8. The van der Waals surface area contributed by atoms with Gasteiger partial charge in [-0.15, -0.1) is 0 Å². The number of carbonyl (C=O) groups is 2. The van der Waals surface area contributed by atoms with Gasteiger partial charge in [-0.3, -0.25) is 9.59 Å². The minimum absolute atomic E-state index is 0.0197. The van der Waals surface area contributed by atoms with Gasteiger partial charge in [-0.05, 0) is 23.6 Å². The Morgan fingerprint density at radius 3 is 2.65 bits per heavy atom. The summed E-state index contributed by atoms with van der Waals surface area (Å²) in [6.07, 6.45) is 1.87. The van der Waals surface area contributed by atoms with Crippen LogP contribution in [-0.2, 0) is 16.1 Å². The monoisotopic (exact) mass is 273 g/mol. The number of hydrogen-bond donors (Lipinski definition) is 2. The second-order valence-electron chi connectivity index (χ2n) is 5.03. The van der Waals surface area contributed by atoms with Crippen LogP contribution < -0.4 is 10.6 Å². The molecule has 0 saturated carbocycles. The van der Waals surface area contributed by atoms with E-state index in [-0.39, 0.29) is 24.3 Å². The predicted octanol–water partition coefficient (Wildman–Crippen LogP) is 1.98. The Hall–Kier alpha value is -2.30. The lowest BCUT2D eigenvalue weighted by Crippen LogP contribution is -2.23.